The number of benzene rings is 7. The van der Waals surface area contributed by atoms with Crippen molar-refractivity contribution in [1.29, 1.82) is 0 Å². The maximum atomic E-state index is 6.92. The van der Waals surface area contributed by atoms with Gasteiger partial charge in [-0.05, 0) is 64.4 Å². The van der Waals surface area contributed by atoms with Gasteiger partial charge in [0.25, 0.3) is 0 Å². The SMILES string of the molecule is Clc1ccc2ccccc2c1-c1nc(-c2ccc(-c3ccccc3)cc2)nc(-c2ccc3c(c2)c2ccccc2n3-c2ccccc2)n1. The van der Waals surface area contributed by atoms with Crippen LogP contribution in [-0.2, 0) is 0 Å². The molecule has 0 amide bonds. The maximum absolute atomic E-state index is 6.92. The normalized spacial score (nSPS) is 11.4. The largest absolute Gasteiger partial charge is 0.309 e. The highest BCUT2D eigenvalue weighted by molar-refractivity contribution is 6.35. The molecule has 0 saturated carbocycles. The quantitative estimate of drug-likeness (QED) is 0.189. The molecule has 9 rings (SSSR count). The Morgan fingerprint density at radius 1 is 0.396 bits per heavy atom. The van der Waals surface area contributed by atoms with Crippen LogP contribution < -0.4 is 0 Å². The lowest BCUT2D eigenvalue weighted by molar-refractivity contribution is 1.08. The van der Waals surface area contributed by atoms with E-state index < -0.39 is 0 Å². The van der Waals surface area contributed by atoms with Gasteiger partial charge in [0, 0.05) is 33.2 Å². The van der Waals surface area contributed by atoms with E-state index in [4.69, 9.17) is 26.6 Å². The lowest BCUT2D eigenvalue weighted by atomic mass is 10.0. The Balaban J connectivity index is 1.26. The van der Waals surface area contributed by atoms with E-state index in [1.165, 1.54) is 5.39 Å². The first-order valence-electron chi connectivity index (χ1n) is 15.9. The van der Waals surface area contributed by atoms with Crippen LogP contribution >= 0.6 is 11.6 Å². The monoisotopic (exact) mass is 634 g/mol. The van der Waals surface area contributed by atoms with E-state index in [1.807, 2.05) is 36.4 Å². The van der Waals surface area contributed by atoms with Crippen molar-refractivity contribution in [1.82, 2.24) is 19.5 Å². The van der Waals surface area contributed by atoms with Crippen LogP contribution in [0.25, 0.3) is 83.6 Å². The minimum atomic E-state index is 0.538. The Morgan fingerprint density at radius 3 is 1.75 bits per heavy atom. The number of aromatic nitrogens is 4. The van der Waals surface area contributed by atoms with E-state index in [-0.39, 0.29) is 0 Å². The highest BCUT2D eigenvalue weighted by Crippen LogP contribution is 2.37. The van der Waals surface area contributed by atoms with Crippen LogP contribution in [0, 0.1) is 0 Å². The lowest BCUT2D eigenvalue weighted by Crippen LogP contribution is -2.01. The summed E-state index contributed by atoms with van der Waals surface area (Å²) in [5, 5.41) is 4.96. The van der Waals surface area contributed by atoms with Crippen molar-refractivity contribution >= 4 is 44.2 Å². The van der Waals surface area contributed by atoms with Crippen molar-refractivity contribution in [2.75, 3.05) is 0 Å². The molecule has 0 atom stereocenters. The molecule has 226 valence electrons. The van der Waals surface area contributed by atoms with Crippen LogP contribution in [0.1, 0.15) is 0 Å². The molecular formula is C43H27ClN4. The minimum absolute atomic E-state index is 0.538. The number of hydrogen-bond donors (Lipinski definition) is 0. The van der Waals surface area contributed by atoms with Crippen LogP contribution in [0.3, 0.4) is 0 Å². The summed E-state index contributed by atoms with van der Waals surface area (Å²) in [7, 11) is 0. The van der Waals surface area contributed by atoms with Crippen LogP contribution in [0.4, 0.5) is 0 Å². The fourth-order valence-electron chi connectivity index (χ4n) is 6.63. The molecule has 0 fully saturated rings. The fraction of sp³-hybridized carbons (Fsp3) is 0. The van der Waals surface area contributed by atoms with Gasteiger partial charge < -0.3 is 4.57 Å². The first-order chi connectivity index (χ1) is 23.7. The molecule has 5 heteroatoms. The molecule has 0 spiro atoms. The summed E-state index contributed by atoms with van der Waals surface area (Å²) in [4.78, 5) is 15.3. The van der Waals surface area contributed by atoms with Gasteiger partial charge in [0.15, 0.2) is 17.5 Å². The van der Waals surface area contributed by atoms with Crippen molar-refractivity contribution in [3.05, 3.63) is 169 Å². The Labute approximate surface area is 282 Å². The molecule has 4 nitrogen and oxygen atoms in total. The van der Waals surface area contributed by atoms with Crippen molar-refractivity contribution in [3.63, 3.8) is 0 Å². The Kier molecular flexibility index (Phi) is 6.81. The van der Waals surface area contributed by atoms with Gasteiger partial charge in [0.2, 0.25) is 0 Å². The first-order valence-corrected chi connectivity index (χ1v) is 16.3. The number of nitrogens with zero attached hydrogens (tertiary/aromatic N) is 4. The van der Waals surface area contributed by atoms with Gasteiger partial charge in [-0.15, -0.1) is 0 Å². The van der Waals surface area contributed by atoms with E-state index in [9.17, 15) is 0 Å². The average Bonchev–Trinajstić information content (AvgIpc) is 3.49. The third kappa shape index (κ3) is 4.82. The van der Waals surface area contributed by atoms with Crippen LogP contribution in [0.5, 0.6) is 0 Å². The smallest absolute Gasteiger partial charge is 0.166 e. The molecule has 0 radical (unpaired) electrons. The van der Waals surface area contributed by atoms with Gasteiger partial charge in [-0.2, -0.15) is 0 Å². The topological polar surface area (TPSA) is 43.6 Å². The van der Waals surface area contributed by atoms with E-state index >= 15 is 0 Å². The number of rotatable bonds is 5. The Morgan fingerprint density at radius 2 is 0.958 bits per heavy atom. The zero-order chi connectivity index (χ0) is 32.0. The standard InChI is InChI=1S/C43H27ClN4/c44-37-25-23-30-13-7-8-16-34(30)40(37)43-46-41(31-21-19-29(20-22-31)28-11-3-1-4-12-28)45-42(47-43)32-24-26-39-36(27-32)35-17-9-10-18-38(35)48(39)33-14-5-2-6-15-33/h1-27H. The van der Waals surface area contributed by atoms with Gasteiger partial charge in [0.1, 0.15) is 0 Å². The van der Waals surface area contributed by atoms with Gasteiger partial charge in [-0.3, -0.25) is 0 Å². The first kappa shape index (κ1) is 28.1. The zero-order valence-corrected chi connectivity index (χ0v) is 26.5. The third-order valence-corrected chi connectivity index (χ3v) is 9.25. The summed E-state index contributed by atoms with van der Waals surface area (Å²) in [6.45, 7) is 0. The summed E-state index contributed by atoms with van der Waals surface area (Å²) in [5.74, 6) is 1.71. The zero-order valence-electron chi connectivity index (χ0n) is 25.8. The third-order valence-electron chi connectivity index (χ3n) is 8.93. The lowest BCUT2D eigenvalue weighted by Gasteiger charge is -2.12. The number of hydrogen-bond acceptors (Lipinski definition) is 3. The van der Waals surface area contributed by atoms with Crippen LogP contribution in [-0.4, -0.2) is 19.5 Å². The molecule has 7 aromatic carbocycles. The average molecular weight is 635 g/mol. The predicted molar refractivity (Wildman–Crippen MR) is 198 cm³/mol. The second-order valence-electron chi connectivity index (χ2n) is 11.8. The Bertz CT molecular complexity index is 2610. The summed E-state index contributed by atoms with van der Waals surface area (Å²) in [6.07, 6.45) is 0. The highest BCUT2D eigenvalue weighted by atomic mass is 35.5. The van der Waals surface area contributed by atoms with E-state index in [1.54, 1.807) is 0 Å². The molecule has 0 bridgehead atoms. The van der Waals surface area contributed by atoms with Crippen LogP contribution in [0.2, 0.25) is 5.02 Å². The molecule has 0 aliphatic carbocycles. The van der Waals surface area contributed by atoms with Crippen molar-refractivity contribution in [2.45, 2.75) is 0 Å². The van der Waals surface area contributed by atoms with Crippen LogP contribution in [0.15, 0.2) is 164 Å². The molecular weight excluding hydrogens is 608 g/mol. The number of halogens is 1. The molecule has 0 unspecified atom stereocenters. The summed E-state index contributed by atoms with van der Waals surface area (Å²) >= 11 is 6.92. The summed E-state index contributed by atoms with van der Waals surface area (Å²) in [5.41, 5.74) is 8.27. The molecule has 0 aliphatic heterocycles. The second kappa shape index (κ2) is 11.6. The molecule has 2 aromatic heterocycles. The van der Waals surface area contributed by atoms with Gasteiger partial charge >= 0.3 is 0 Å². The fourth-order valence-corrected chi connectivity index (χ4v) is 6.88. The molecule has 2 heterocycles. The molecule has 0 aliphatic rings. The molecule has 9 aromatic rings. The van der Waals surface area contributed by atoms with Gasteiger partial charge in [-0.25, -0.2) is 15.0 Å². The van der Waals surface area contributed by atoms with Gasteiger partial charge in [-0.1, -0.05) is 133 Å². The van der Waals surface area contributed by atoms with E-state index in [2.05, 4.69) is 132 Å². The van der Waals surface area contributed by atoms with Crippen molar-refractivity contribution < 1.29 is 0 Å². The molecule has 48 heavy (non-hydrogen) atoms. The van der Waals surface area contributed by atoms with Crippen molar-refractivity contribution in [2.24, 2.45) is 0 Å². The number of para-hydroxylation sites is 2. The summed E-state index contributed by atoms with van der Waals surface area (Å²) < 4.78 is 2.31. The van der Waals surface area contributed by atoms with Crippen molar-refractivity contribution in [3.8, 4) is 51.0 Å². The predicted octanol–water partition coefficient (Wildman–Crippen LogP) is 11.4. The van der Waals surface area contributed by atoms with E-state index in [0.29, 0.717) is 22.5 Å². The Hall–Kier alpha value is -6.10. The summed E-state index contributed by atoms with van der Waals surface area (Å²) in [6, 6.07) is 56.3. The second-order valence-corrected chi connectivity index (χ2v) is 12.2. The van der Waals surface area contributed by atoms with E-state index in [0.717, 1.165) is 60.7 Å². The number of fused-ring (bicyclic) bond motifs is 4. The minimum Gasteiger partial charge on any atom is -0.309 e. The highest BCUT2D eigenvalue weighted by Gasteiger charge is 2.19. The molecule has 0 saturated heterocycles. The van der Waals surface area contributed by atoms with Gasteiger partial charge in [0.05, 0.1) is 16.1 Å². The molecule has 0 N–H and O–H groups in total. The maximum Gasteiger partial charge on any atom is 0.166 e.